The van der Waals surface area contributed by atoms with Crippen LogP contribution in [0.1, 0.15) is 25.5 Å². The number of carbonyl (C=O) groups is 1. The van der Waals surface area contributed by atoms with Gasteiger partial charge in [-0.05, 0) is 31.5 Å². The van der Waals surface area contributed by atoms with Gasteiger partial charge in [-0.2, -0.15) is 0 Å². The van der Waals surface area contributed by atoms with E-state index in [9.17, 15) is 9.18 Å². The zero-order valence-electron chi connectivity index (χ0n) is 9.41. The van der Waals surface area contributed by atoms with E-state index < -0.39 is 0 Å². The highest BCUT2D eigenvalue weighted by Crippen LogP contribution is 2.20. The van der Waals surface area contributed by atoms with Gasteiger partial charge in [0.1, 0.15) is 11.7 Å². The molecule has 0 fully saturated rings. The van der Waals surface area contributed by atoms with E-state index in [0.29, 0.717) is 6.54 Å². The van der Waals surface area contributed by atoms with Crippen LogP contribution in [0.15, 0.2) is 24.3 Å². The maximum absolute atomic E-state index is 12.8. The lowest BCUT2D eigenvalue weighted by Crippen LogP contribution is -2.34. The molecule has 0 radical (unpaired) electrons. The van der Waals surface area contributed by atoms with Gasteiger partial charge in [0.15, 0.2) is 0 Å². The van der Waals surface area contributed by atoms with E-state index >= 15 is 0 Å². The molecule has 2 nitrogen and oxygen atoms in total. The summed E-state index contributed by atoms with van der Waals surface area (Å²) >= 11 is 5.53. The van der Waals surface area contributed by atoms with Crippen molar-refractivity contribution in [1.82, 2.24) is 4.90 Å². The number of carbonyl (C=O) groups excluding carboxylic acids is 1. The van der Waals surface area contributed by atoms with Crippen LogP contribution in [0.3, 0.4) is 0 Å². The molecule has 1 aromatic rings. The summed E-state index contributed by atoms with van der Waals surface area (Å²) in [5, 5.41) is 0. The average Bonchev–Trinajstić information content (AvgIpc) is 2.30. The summed E-state index contributed by atoms with van der Waals surface area (Å²) in [5.74, 6) is -0.414. The molecular weight excluding hydrogens is 229 g/mol. The minimum Gasteiger partial charge on any atom is -0.335 e. The first-order chi connectivity index (χ1) is 7.60. The van der Waals surface area contributed by atoms with Crippen molar-refractivity contribution in [3.63, 3.8) is 0 Å². The van der Waals surface area contributed by atoms with Crippen LogP contribution in [0.25, 0.3) is 0 Å². The number of nitrogens with zero attached hydrogens (tertiary/aromatic N) is 1. The molecule has 0 spiro atoms. The lowest BCUT2D eigenvalue weighted by Gasteiger charge is -2.27. The lowest BCUT2D eigenvalue weighted by atomic mass is 10.1. The molecule has 0 aliphatic rings. The highest BCUT2D eigenvalue weighted by atomic mass is 35.5. The SMILES string of the molecule is CCN(C(=O)CCl)[C@H](C)c1ccc(F)cc1. The third kappa shape index (κ3) is 2.95. The summed E-state index contributed by atoms with van der Waals surface area (Å²) in [4.78, 5) is 13.2. The lowest BCUT2D eigenvalue weighted by molar-refractivity contribution is -0.130. The molecule has 0 aliphatic heterocycles. The molecular formula is C12H15ClFNO. The van der Waals surface area contributed by atoms with Crippen molar-refractivity contribution < 1.29 is 9.18 Å². The molecule has 0 aliphatic carbocycles. The number of hydrogen-bond acceptors (Lipinski definition) is 1. The standard InChI is InChI=1S/C12H15ClFNO/c1-3-15(12(16)8-13)9(2)10-4-6-11(14)7-5-10/h4-7,9H,3,8H2,1-2H3/t9-/m1/s1. The third-order valence-electron chi connectivity index (χ3n) is 2.60. The summed E-state index contributed by atoms with van der Waals surface area (Å²) < 4.78 is 12.8. The van der Waals surface area contributed by atoms with Gasteiger partial charge in [0.2, 0.25) is 5.91 Å². The van der Waals surface area contributed by atoms with Crippen LogP contribution in [0.5, 0.6) is 0 Å². The number of alkyl halides is 1. The van der Waals surface area contributed by atoms with Crippen molar-refractivity contribution >= 4 is 17.5 Å². The van der Waals surface area contributed by atoms with E-state index in [2.05, 4.69) is 0 Å². The number of benzene rings is 1. The van der Waals surface area contributed by atoms with Gasteiger partial charge >= 0.3 is 0 Å². The normalized spacial score (nSPS) is 12.2. The molecule has 1 aromatic carbocycles. The molecule has 4 heteroatoms. The van der Waals surface area contributed by atoms with Gasteiger partial charge in [0.05, 0.1) is 6.04 Å². The van der Waals surface area contributed by atoms with Crippen molar-refractivity contribution in [2.75, 3.05) is 12.4 Å². The van der Waals surface area contributed by atoms with Gasteiger partial charge < -0.3 is 4.90 Å². The van der Waals surface area contributed by atoms with E-state index in [0.717, 1.165) is 5.56 Å². The molecule has 0 aromatic heterocycles. The maximum Gasteiger partial charge on any atom is 0.237 e. The second-order valence-corrected chi connectivity index (χ2v) is 3.81. The molecule has 0 saturated carbocycles. The first-order valence-corrected chi connectivity index (χ1v) is 5.74. The largest absolute Gasteiger partial charge is 0.335 e. The average molecular weight is 244 g/mol. The molecule has 88 valence electrons. The second kappa shape index (κ2) is 5.85. The van der Waals surface area contributed by atoms with Crippen LogP contribution in [-0.2, 0) is 4.79 Å². The number of amides is 1. The quantitative estimate of drug-likeness (QED) is 0.745. The molecule has 0 unspecified atom stereocenters. The van der Waals surface area contributed by atoms with Crippen LogP contribution in [-0.4, -0.2) is 23.2 Å². The molecule has 16 heavy (non-hydrogen) atoms. The van der Waals surface area contributed by atoms with Gasteiger partial charge in [0.25, 0.3) is 0 Å². The van der Waals surface area contributed by atoms with Crippen LogP contribution >= 0.6 is 11.6 Å². The fourth-order valence-electron chi connectivity index (χ4n) is 1.66. The van der Waals surface area contributed by atoms with Gasteiger partial charge in [-0.3, -0.25) is 4.79 Å². The number of halogens is 2. The molecule has 0 saturated heterocycles. The minimum absolute atomic E-state index is 0.0284. The van der Waals surface area contributed by atoms with Crippen molar-refractivity contribution in [1.29, 1.82) is 0 Å². The van der Waals surface area contributed by atoms with Gasteiger partial charge in [-0.15, -0.1) is 11.6 Å². The minimum atomic E-state index is -0.275. The van der Waals surface area contributed by atoms with Gasteiger partial charge in [0, 0.05) is 6.54 Å². The molecule has 1 amide bonds. The highest BCUT2D eigenvalue weighted by molar-refractivity contribution is 6.27. The highest BCUT2D eigenvalue weighted by Gasteiger charge is 2.18. The van der Waals surface area contributed by atoms with E-state index in [4.69, 9.17) is 11.6 Å². The smallest absolute Gasteiger partial charge is 0.237 e. The first-order valence-electron chi connectivity index (χ1n) is 5.21. The van der Waals surface area contributed by atoms with E-state index in [1.807, 2.05) is 13.8 Å². The predicted molar refractivity (Wildman–Crippen MR) is 62.9 cm³/mol. The maximum atomic E-state index is 12.8. The number of hydrogen-bond donors (Lipinski definition) is 0. The van der Waals surface area contributed by atoms with Crippen molar-refractivity contribution in [2.24, 2.45) is 0 Å². The molecule has 0 bridgehead atoms. The Morgan fingerprint density at radius 2 is 2.00 bits per heavy atom. The molecule has 0 N–H and O–H groups in total. The fourth-order valence-corrected chi connectivity index (χ4v) is 1.82. The topological polar surface area (TPSA) is 20.3 Å². The number of rotatable bonds is 4. The summed E-state index contributed by atoms with van der Waals surface area (Å²) in [6.45, 7) is 4.38. The van der Waals surface area contributed by atoms with Crippen molar-refractivity contribution in [3.05, 3.63) is 35.6 Å². The molecule has 1 rings (SSSR count). The summed E-state index contributed by atoms with van der Waals surface area (Å²) in [6.07, 6.45) is 0. The van der Waals surface area contributed by atoms with Crippen LogP contribution in [0.2, 0.25) is 0 Å². The Labute approximate surface area is 100 Å². The van der Waals surface area contributed by atoms with Gasteiger partial charge in [-0.1, -0.05) is 12.1 Å². The zero-order chi connectivity index (χ0) is 12.1. The van der Waals surface area contributed by atoms with Crippen LogP contribution < -0.4 is 0 Å². The van der Waals surface area contributed by atoms with Crippen molar-refractivity contribution in [3.8, 4) is 0 Å². The second-order valence-electron chi connectivity index (χ2n) is 3.54. The Morgan fingerprint density at radius 3 is 2.44 bits per heavy atom. The Balaban J connectivity index is 2.86. The summed E-state index contributed by atoms with van der Waals surface area (Å²) in [6, 6.07) is 6.07. The van der Waals surface area contributed by atoms with E-state index in [-0.39, 0.29) is 23.6 Å². The Morgan fingerprint density at radius 1 is 1.44 bits per heavy atom. The summed E-state index contributed by atoms with van der Waals surface area (Å²) in [5.41, 5.74) is 0.904. The first kappa shape index (κ1) is 13.0. The van der Waals surface area contributed by atoms with E-state index in [1.54, 1.807) is 17.0 Å². The zero-order valence-corrected chi connectivity index (χ0v) is 10.2. The Hall–Kier alpha value is -1.09. The van der Waals surface area contributed by atoms with Crippen LogP contribution in [0, 0.1) is 5.82 Å². The molecule has 1 atom stereocenters. The summed E-state index contributed by atoms with van der Waals surface area (Å²) in [7, 11) is 0. The predicted octanol–water partition coefficient (Wildman–Crippen LogP) is 2.97. The van der Waals surface area contributed by atoms with Gasteiger partial charge in [-0.25, -0.2) is 4.39 Å². The van der Waals surface area contributed by atoms with Crippen LogP contribution in [0.4, 0.5) is 4.39 Å². The fraction of sp³-hybridized carbons (Fsp3) is 0.417. The van der Waals surface area contributed by atoms with Crippen molar-refractivity contribution in [2.45, 2.75) is 19.9 Å². The Bertz CT molecular complexity index is 353. The molecule has 0 heterocycles. The van der Waals surface area contributed by atoms with E-state index in [1.165, 1.54) is 12.1 Å². The third-order valence-corrected chi connectivity index (χ3v) is 2.82. The monoisotopic (exact) mass is 243 g/mol. The Kier molecular flexibility index (Phi) is 4.74.